The van der Waals surface area contributed by atoms with Crippen molar-refractivity contribution in [2.24, 2.45) is 5.92 Å². The number of piperidine rings is 1. The first-order chi connectivity index (χ1) is 8.76. The van der Waals surface area contributed by atoms with Crippen molar-refractivity contribution < 1.29 is 4.74 Å². The summed E-state index contributed by atoms with van der Waals surface area (Å²) >= 11 is 3.62. The Morgan fingerprint density at radius 3 is 3.17 bits per heavy atom. The lowest BCUT2D eigenvalue weighted by Crippen LogP contribution is -2.33. The fourth-order valence-corrected chi connectivity index (χ4v) is 3.22. The molecule has 1 aliphatic rings. The first-order valence-corrected chi connectivity index (χ1v) is 7.49. The normalized spacial score (nSPS) is 24.4. The Balaban J connectivity index is 2.13. The van der Waals surface area contributed by atoms with E-state index < -0.39 is 0 Å². The molecule has 0 bridgehead atoms. The Hall–Kier alpha value is -0.390. The summed E-state index contributed by atoms with van der Waals surface area (Å²) in [5.41, 5.74) is 1.27. The molecule has 4 nitrogen and oxygen atoms in total. The molecule has 0 spiro atoms. The summed E-state index contributed by atoms with van der Waals surface area (Å²) in [4.78, 5) is 0. The van der Waals surface area contributed by atoms with Crippen molar-refractivity contribution in [1.82, 2.24) is 15.1 Å². The van der Waals surface area contributed by atoms with Gasteiger partial charge in [0.15, 0.2) is 0 Å². The molecule has 2 unspecified atom stereocenters. The van der Waals surface area contributed by atoms with Gasteiger partial charge in [-0.1, -0.05) is 13.3 Å². The predicted octanol–water partition coefficient (Wildman–Crippen LogP) is 2.74. The molecule has 1 N–H and O–H groups in total. The molecule has 1 aliphatic heterocycles. The van der Waals surface area contributed by atoms with E-state index in [1.54, 1.807) is 7.11 Å². The van der Waals surface area contributed by atoms with E-state index in [4.69, 9.17) is 4.74 Å². The molecule has 1 aromatic heterocycles. The quantitative estimate of drug-likeness (QED) is 0.908. The number of rotatable bonds is 5. The van der Waals surface area contributed by atoms with Crippen molar-refractivity contribution in [2.75, 3.05) is 20.3 Å². The van der Waals surface area contributed by atoms with E-state index in [-0.39, 0.29) is 0 Å². The van der Waals surface area contributed by atoms with E-state index in [1.165, 1.54) is 25.0 Å². The average molecular weight is 316 g/mol. The molecule has 0 radical (unpaired) electrons. The molecule has 102 valence electrons. The monoisotopic (exact) mass is 315 g/mol. The highest BCUT2D eigenvalue weighted by molar-refractivity contribution is 9.10. The second-order valence-corrected chi connectivity index (χ2v) is 5.75. The Bertz CT molecular complexity index is 380. The van der Waals surface area contributed by atoms with Gasteiger partial charge in [-0.3, -0.25) is 4.68 Å². The Morgan fingerprint density at radius 2 is 2.44 bits per heavy atom. The number of hydrogen-bond acceptors (Lipinski definition) is 3. The van der Waals surface area contributed by atoms with Gasteiger partial charge in [0.1, 0.15) is 0 Å². The molecular weight excluding hydrogens is 294 g/mol. The fourth-order valence-electron chi connectivity index (χ4n) is 2.65. The maximum absolute atomic E-state index is 5.14. The minimum absolute atomic E-state index is 0.414. The van der Waals surface area contributed by atoms with E-state index in [9.17, 15) is 0 Å². The van der Waals surface area contributed by atoms with Gasteiger partial charge in [-0.2, -0.15) is 5.10 Å². The van der Waals surface area contributed by atoms with Crippen LogP contribution >= 0.6 is 15.9 Å². The molecular formula is C13H22BrN3O. The fraction of sp³-hybridized carbons (Fsp3) is 0.769. The van der Waals surface area contributed by atoms with E-state index >= 15 is 0 Å². The molecule has 5 heteroatoms. The highest BCUT2D eigenvalue weighted by atomic mass is 79.9. The Morgan fingerprint density at radius 1 is 1.61 bits per heavy atom. The van der Waals surface area contributed by atoms with Gasteiger partial charge in [0.05, 0.1) is 35.6 Å². The van der Waals surface area contributed by atoms with Crippen molar-refractivity contribution in [2.45, 2.75) is 38.8 Å². The zero-order valence-corrected chi connectivity index (χ0v) is 12.7. The van der Waals surface area contributed by atoms with E-state index in [2.05, 4.69) is 38.0 Å². The summed E-state index contributed by atoms with van der Waals surface area (Å²) in [6, 6.07) is 0.414. The molecule has 0 aliphatic carbocycles. The minimum atomic E-state index is 0.414. The van der Waals surface area contributed by atoms with Gasteiger partial charge >= 0.3 is 0 Å². The van der Waals surface area contributed by atoms with Crippen molar-refractivity contribution in [3.05, 3.63) is 16.4 Å². The van der Waals surface area contributed by atoms with Crippen LogP contribution in [0.15, 0.2) is 10.7 Å². The second kappa shape index (κ2) is 6.68. The summed E-state index contributed by atoms with van der Waals surface area (Å²) in [5.74, 6) is 0.828. The number of ether oxygens (including phenoxy) is 1. The lowest BCUT2D eigenvalue weighted by Gasteiger charge is -2.30. The van der Waals surface area contributed by atoms with Crippen LogP contribution in [0.4, 0.5) is 0 Å². The number of hydrogen-bond donors (Lipinski definition) is 1. The summed E-state index contributed by atoms with van der Waals surface area (Å²) in [6.45, 7) is 4.90. The summed E-state index contributed by atoms with van der Waals surface area (Å²) < 4.78 is 8.31. The smallest absolute Gasteiger partial charge is 0.0696 e. The first-order valence-electron chi connectivity index (χ1n) is 6.69. The van der Waals surface area contributed by atoms with Crippen LogP contribution in [0.3, 0.4) is 0 Å². The number of methoxy groups -OCH3 is 1. The van der Waals surface area contributed by atoms with Gasteiger partial charge in [-0.15, -0.1) is 0 Å². The van der Waals surface area contributed by atoms with Gasteiger partial charge in [0, 0.05) is 7.11 Å². The SMILES string of the molecule is CCC1CCNC(c2c(Br)cnn2CCOC)C1. The Labute approximate surface area is 117 Å². The van der Waals surface area contributed by atoms with E-state index in [1.807, 2.05) is 6.20 Å². The summed E-state index contributed by atoms with van der Waals surface area (Å²) in [6.07, 6.45) is 5.65. The molecule has 2 heterocycles. The van der Waals surface area contributed by atoms with Crippen LogP contribution in [-0.2, 0) is 11.3 Å². The third-order valence-corrected chi connectivity index (χ3v) is 4.37. The van der Waals surface area contributed by atoms with Gasteiger partial charge in [-0.25, -0.2) is 0 Å². The van der Waals surface area contributed by atoms with Crippen LogP contribution in [-0.4, -0.2) is 30.0 Å². The first kappa shape index (κ1) is 14.0. The lowest BCUT2D eigenvalue weighted by atomic mass is 9.89. The molecule has 18 heavy (non-hydrogen) atoms. The largest absolute Gasteiger partial charge is 0.383 e. The predicted molar refractivity (Wildman–Crippen MR) is 75.6 cm³/mol. The van der Waals surface area contributed by atoms with Crippen LogP contribution in [0.25, 0.3) is 0 Å². The van der Waals surface area contributed by atoms with Crippen molar-refractivity contribution in [1.29, 1.82) is 0 Å². The van der Waals surface area contributed by atoms with E-state index in [0.717, 1.165) is 23.5 Å². The number of halogens is 1. The van der Waals surface area contributed by atoms with Crippen molar-refractivity contribution in [3.8, 4) is 0 Å². The molecule has 2 atom stereocenters. The van der Waals surface area contributed by atoms with Crippen LogP contribution in [0.2, 0.25) is 0 Å². The maximum atomic E-state index is 5.14. The third-order valence-electron chi connectivity index (χ3n) is 3.76. The highest BCUT2D eigenvalue weighted by Gasteiger charge is 2.26. The number of nitrogens with zero attached hydrogens (tertiary/aromatic N) is 2. The average Bonchev–Trinajstić information content (AvgIpc) is 2.77. The minimum Gasteiger partial charge on any atom is -0.383 e. The van der Waals surface area contributed by atoms with Crippen molar-refractivity contribution >= 4 is 15.9 Å². The molecule has 1 saturated heterocycles. The molecule has 0 saturated carbocycles. The Kier molecular flexibility index (Phi) is 5.21. The zero-order valence-electron chi connectivity index (χ0n) is 11.2. The van der Waals surface area contributed by atoms with Crippen LogP contribution < -0.4 is 5.32 Å². The van der Waals surface area contributed by atoms with E-state index in [0.29, 0.717) is 12.6 Å². The molecule has 2 rings (SSSR count). The topological polar surface area (TPSA) is 39.1 Å². The van der Waals surface area contributed by atoms with Crippen molar-refractivity contribution in [3.63, 3.8) is 0 Å². The number of nitrogens with one attached hydrogen (secondary N) is 1. The van der Waals surface area contributed by atoms with Crippen LogP contribution in [0.5, 0.6) is 0 Å². The highest BCUT2D eigenvalue weighted by Crippen LogP contribution is 2.32. The third kappa shape index (κ3) is 3.13. The van der Waals surface area contributed by atoms with Gasteiger partial charge in [-0.05, 0) is 41.2 Å². The standard InChI is InChI=1S/C13H22BrN3O/c1-3-10-4-5-15-12(8-10)13-11(14)9-16-17(13)6-7-18-2/h9-10,12,15H,3-8H2,1-2H3. The van der Waals surface area contributed by atoms with Gasteiger partial charge < -0.3 is 10.1 Å². The molecule has 1 aromatic rings. The molecule has 0 amide bonds. The van der Waals surface area contributed by atoms with Crippen LogP contribution in [0, 0.1) is 5.92 Å². The zero-order chi connectivity index (χ0) is 13.0. The van der Waals surface area contributed by atoms with Crippen LogP contribution in [0.1, 0.15) is 37.9 Å². The molecule has 1 fully saturated rings. The summed E-state index contributed by atoms with van der Waals surface area (Å²) in [5, 5.41) is 8.04. The lowest BCUT2D eigenvalue weighted by molar-refractivity contribution is 0.180. The molecule has 0 aromatic carbocycles. The maximum Gasteiger partial charge on any atom is 0.0696 e. The number of aromatic nitrogens is 2. The summed E-state index contributed by atoms with van der Waals surface area (Å²) in [7, 11) is 1.73. The van der Waals surface area contributed by atoms with Gasteiger partial charge in [0.25, 0.3) is 0 Å². The second-order valence-electron chi connectivity index (χ2n) is 4.90. The van der Waals surface area contributed by atoms with Gasteiger partial charge in [0.2, 0.25) is 0 Å².